The van der Waals surface area contributed by atoms with Crippen LogP contribution in [-0.4, -0.2) is 28.2 Å². The smallest absolute Gasteiger partial charge is 0.416 e. The van der Waals surface area contributed by atoms with Gasteiger partial charge in [-0.15, -0.1) is 0 Å². The van der Waals surface area contributed by atoms with Gasteiger partial charge in [-0.3, -0.25) is 0 Å². The Hall–Kier alpha value is -2.52. The lowest BCUT2D eigenvalue weighted by molar-refractivity contribution is -0.137. The summed E-state index contributed by atoms with van der Waals surface area (Å²) in [6.45, 7) is 2.54. The standard InChI is InChI=1S/C19H20ClF3N4O2/c1-2-10(9-28)5-6-25-17-15(16(20)26-18(24)27-17)14-8-11-7-12(19(21,22)23)3-4-13(11)29-14/h3-4,7-8,10,28H,2,5-6,9H2,1H3,(H3,24,25,26,27). The first-order chi connectivity index (χ1) is 13.7. The predicted octanol–water partition coefficient (Wildman–Crippen LogP) is 4.96. The zero-order valence-corrected chi connectivity index (χ0v) is 16.3. The van der Waals surface area contributed by atoms with E-state index in [1.54, 1.807) is 0 Å². The van der Waals surface area contributed by atoms with Crippen molar-refractivity contribution in [3.63, 3.8) is 0 Å². The molecule has 6 nitrogen and oxygen atoms in total. The molecule has 4 N–H and O–H groups in total. The number of rotatable bonds is 7. The van der Waals surface area contributed by atoms with Crippen molar-refractivity contribution in [3.8, 4) is 11.3 Å². The third-order valence-electron chi connectivity index (χ3n) is 4.65. The number of furan rings is 1. The SMILES string of the molecule is CCC(CO)CCNc1nc(N)nc(Cl)c1-c1cc2cc(C(F)(F)F)ccc2o1. The summed E-state index contributed by atoms with van der Waals surface area (Å²) in [6.07, 6.45) is -2.95. The Labute approximate surface area is 169 Å². The molecule has 0 fully saturated rings. The molecule has 0 aliphatic rings. The number of fused-ring (bicyclic) bond motifs is 1. The van der Waals surface area contributed by atoms with Crippen molar-refractivity contribution in [2.45, 2.75) is 25.9 Å². The molecule has 0 aliphatic carbocycles. The fourth-order valence-electron chi connectivity index (χ4n) is 2.96. The maximum absolute atomic E-state index is 13.0. The van der Waals surface area contributed by atoms with Gasteiger partial charge in [-0.1, -0.05) is 24.9 Å². The maximum Gasteiger partial charge on any atom is 0.416 e. The molecule has 2 aromatic heterocycles. The zero-order chi connectivity index (χ0) is 21.2. The third kappa shape index (κ3) is 4.73. The second-order valence-corrected chi connectivity index (χ2v) is 6.99. The number of aromatic nitrogens is 2. The Balaban J connectivity index is 1.97. The topological polar surface area (TPSA) is 97.2 Å². The van der Waals surface area contributed by atoms with Gasteiger partial charge in [-0.05, 0) is 36.6 Å². The zero-order valence-electron chi connectivity index (χ0n) is 15.6. The highest BCUT2D eigenvalue weighted by Gasteiger charge is 2.31. The number of hydrogen-bond donors (Lipinski definition) is 3. The summed E-state index contributed by atoms with van der Waals surface area (Å²) in [5.74, 6) is 0.616. The first kappa shape index (κ1) is 21.2. The minimum Gasteiger partial charge on any atom is -0.456 e. The molecular formula is C19H20ClF3N4O2. The van der Waals surface area contributed by atoms with Gasteiger partial charge in [0.2, 0.25) is 5.95 Å². The second-order valence-electron chi connectivity index (χ2n) is 6.63. The Kier molecular flexibility index (Phi) is 6.18. The number of halogens is 4. The molecule has 0 amide bonds. The number of aliphatic hydroxyl groups excluding tert-OH is 1. The Morgan fingerprint density at radius 3 is 2.69 bits per heavy atom. The highest BCUT2D eigenvalue weighted by atomic mass is 35.5. The average Bonchev–Trinajstić information content (AvgIpc) is 3.06. The molecule has 1 aromatic carbocycles. The summed E-state index contributed by atoms with van der Waals surface area (Å²) >= 11 is 6.25. The number of anilines is 2. The molecule has 0 saturated carbocycles. The van der Waals surface area contributed by atoms with E-state index in [0.717, 1.165) is 18.6 Å². The fraction of sp³-hybridized carbons (Fsp3) is 0.368. The van der Waals surface area contributed by atoms with Crippen LogP contribution >= 0.6 is 11.6 Å². The molecule has 3 rings (SSSR count). The molecule has 0 saturated heterocycles. The van der Waals surface area contributed by atoms with E-state index in [1.165, 1.54) is 12.1 Å². The van der Waals surface area contributed by atoms with E-state index < -0.39 is 11.7 Å². The number of benzene rings is 1. The van der Waals surface area contributed by atoms with Crippen molar-refractivity contribution >= 4 is 34.3 Å². The fourth-order valence-corrected chi connectivity index (χ4v) is 3.23. The van der Waals surface area contributed by atoms with Crippen molar-refractivity contribution in [1.29, 1.82) is 0 Å². The number of nitrogens with one attached hydrogen (secondary N) is 1. The molecule has 0 radical (unpaired) electrons. The summed E-state index contributed by atoms with van der Waals surface area (Å²) in [6, 6.07) is 4.68. The normalized spacial score (nSPS) is 13.0. The quantitative estimate of drug-likeness (QED) is 0.460. The maximum atomic E-state index is 13.0. The number of aliphatic hydroxyl groups is 1. The van der Waals surface area contributed by atoms with Crippen LogP contribution in [0.4, 0.5) is 24.9 Å². The van der Waals surface area contributed by atoms with Crippen LogP contribution < -0.4 is 11.1 Å². The summed E-state index contributed by atoms with van der Waals surface area (Å²) in [7, 11) is 0. The van der Waals surface area contributed by atoms with Crippen molar-refractivity contribution in [3.05, 3.63) is 35.0 Å². The van der Waals surface area contributed by atoms with Crippen molar-refractivity contribution in [1.82, 2.24) is 9.97 Å². The summed E-state index contributed by atoms with van der Waals surface area (Å²) in [5.41, 5.74) is 5.50. The van der Waals surface area contributed by atoms with Gasteiger partial charge in [0, 0.05) is 18.5 Å². The van der Waals surface area contributed by atoms with Crippen LogP contribution in [0, 0.1) is 5.92 Å². The number of nitrogens with zero attached hydrogens (tertiary/aromatic N) is 2. The molecule has 0 aliphatic heterocycles. The number of nitrogens with two attached hydrogens (primary N) is 1. The number of alkyl halides is 3. The van der Waals surface area contributed by atoms with Crippen LogP contribution in [0.15, 0.2) is 28.7 Å². The molecule has 156 valence electrons. The lowest BCUT2D eigenvalue weighted by Gasteiger charge is -2.14. The minimum absolute atomic E-state index is 0.0179. The Bertz CT molecular complexity index is 1000. The van der Waals surface area contributed by atoms with Crippen molar-refractivity contribution < 1.29 is 22.7 Å². The lowest BCUT2D eigenvalue weighted by atomic mass is 10.0. The van der Waals surface area contributed by atoms with Crippen LogP contribution in [-0.2, 0) is 6.18 Å². The first-order valence-corrected chi connectivity index (χ1v) is 9.39. The van der Waals surface area contributed by atoms with E-state index in [-0.39, 0.29) is 40.4 Å². The molecule has 3 aromatic rings. The summed E-state index contributed by atoms with van der Waals surface area (Å²) in [5, 5.41) is 12.7. The van der Waals surface area contributed by atoms with Crippen LogP contribution in [0.5, 0.6) is 0 Å². The van der Waals surface area contributed by atoms with Gasteiger partial charge in [0.25, 0.3) is 0 Å². The van der Waals surface area contributed by atoms with E-state index in [1.807, 2.05) is 6.92 Å². The Morgan fingerprint density at radius 1 is 1.28 bits per heavy atom. The van der Waals surface area contributed by atoms with Crippen LogP contribution in [0.2, 0.25) is 5.15 Å². The van der Waals surface area contributed by atoms with Gasteiger partial charge in [0.1, 0.15) is 22.3 Å². The minimum atomic E-state index is -4.46. The largest absolute Gasteiger partial charge is 0.456 e. The lowest BCUT2D eigenvalue weighted by Crippen LogP contribution is -2.13. The monoisotopic (exact) mass is 428 g/mol. The van der Waals surface area contributed by atoms with Gasteiger partial charge < -0.3 is 20.6 Å². The van der Waals surface area contributed by atoms with Gasteiger partial charge in [0.05, 0.1) is 11.1 Å². The predicted molar refractivity (Wildman–Crippen MR) is 106 cm³/mol. The molecule has 2 heterocycles. The van der Waals surface area contributed by atoms with Gasteiger partial charge in [0.15, 0.2) is 0 Å². The highest BCUT2D eigenvalue weighted by molar-refractivity contribution is 6.32. The first-order valence-electron chi connectivity index (χ1n) is 9.01. The van der Waals surface area contributed by atoms with Crippen LogP contribution in [0.1, 0.15) is 25.3 Å². The molecule has 1 atom stereocenters. The van der Waals surface area contributed by atoms with E-state index in [0.29, 0.717) is 24.3 Å². The van der Waals surface area contributed by atoms with Gasteiger partial charge in [-0.25, -0.2) is 4.98 Å². The molecule has 0 spiro atoms. The van der Waals surface area contributed by atoms with E-state index >= 15 is 0 Å². The number of hydrogen-bond acceptors (Lipinski definition) is 6. The third-order valence-corrected chi connectivity index (χ3v) is 4.93. The molecule has 29 heavy (non-hydrogen) atoms. The molecular weight excluding hydrogens is 409 g/mol. The van der Waals surface area contributed by atoms with E-state index in [4.69, 9.17) is 21.8 Å². The molecule has 10 heteroatoms. The van der Waals surface area contributed by atoms with E-state index in [2.05, 4.69) is 15.3 Å². The number of nitrogen functional groups attached to an aromatic ring is 1. The summed E-state index contributed by atoms with van der Waals surface area (Å²) < 4.78 is 44.6. The highest BCUT2D eigenvalue weighted by Crippen LogP contribution is 2.38. The Morgan fingerprint density at radius 2 is 2.03 bits per heavy atom. The van der Waals surface area contributed by atoms with E-state index in [9.17, 15) is 18.3 Å². The summed E-state index contributed by atoms with van der Waals surface area (Å²) in [4.78, 5) is 8.08. The second kappa shape index (κ2) is 8.46. The average molecular weight is 429 g/mol. The van der Waals surface area contributed by atoms with Crippen molar-refractivity contribution in [2.75, 3.05) is 24.2 Å². The van der Waals surface area contributed by atoms with Crippen LogP contribution in [0.3, 0.4) is 0 Å². The molecule has 0 bridgehead atoms. The molecule has 1 unspecified atom stereocenters. The van der Waals surface area contributed by atoms with Crippen molar-refractivity contribution in [2.24, 2.45) is 5.92 Å². The van der Waals surface area contributed by atoms with Gasteiger partial charge in [-0.2, -0.15) is 18.2 Å². The van der Waals surface area contributed by atoms with Gasteiger partial charge >= 0.3 is 6.18 Å². The van der Waals surface area contributed by atoms with Crippen LogP contribution in [0.25, 0.3) is 22.3 Å².